The molecule has 0 aromatic rings. The molecule has 188 valence electrons. The minimum absolute atomic E-state index is 0.0146. The lowest BCUT2D eigenvalue weighted by Gasteiger charge is -2.59. The van der Waals surface area contributed by atoms with Crippen LogP contribution in [0.3, 0.4) is 0 Å². The lowest BCUT2D eigenvalue weighted by Crippen LogP contribution is -2.64. The Bertz CT molecular complexity index is 957. The van der Waals surface area contributed by atoms with Crippen LogP contribution >= 0.6 is 0 Å². The number of carbonyl (C=O) groups excluding carboxylic acids is 2. The standard InChI is InChI=1S/C28H40O6/c1-14-11-21(33-25(32)17(14)13-29)15(2)18-5-6-19-16-12-24-28(34-24)23(31)8-7-22(30)27(28,4)20(16)9-10-26(18,19)3/h15-16,18-21,23-24,29,31H,5-13H2,1-4H3/t15-,16?,18?,19?,20?,21?,23-,24+,26+,27-,28+/m0/s1. The highest BCUT2D eigenvalue weighted by Crippen LogP contribution is 2.73. The highest BCUT2D eigenvalue weighted by molar-refractivity contribution is 5.90. The van der Waals surface area contributed by atoms with Crippen LogP contribution in [0.1, 0.15) is 79.1 Å². The molecule has 6 aliphatic rings. The van der Waals surface area contributed by atoms with E-state index in [1.54, 1.807) is 0 Å². The molecule has 2 aliphatic heterocycles. The number of aliphatic hydroxyl groups excluding tert-OH is 2. The third-order valence-corrected chi connectivity index (χ3v) is 11.9. The van der Waals surface area contributed by atoms with Crippen molar-refractivity contribution in [2.45, 2.75) is 103 Å². The molecule has 4 aliphatic carbocycles. The first-order valence-electron chi connectivity index (χ1n) is 13.5. The summed E-state index contributed by atoms with van der Waals surface area (Å²) in [6, 6.07) is 0. The van der Waals surface area contributed by atoms with Crippen LogP contribution in [0.15, 0.2) is 11.1 Å². The van der Waals surface area contributed by atoms with E-state index in [2.05, 4.69) is 20.8 Å². The molecule has 5 unspecified atom stereocenters. The van der Waals surface area contributed by atoms with Crippen molar-refractivity contribution in [1.29, 1.82) is 0 Å². The number of hydrogen-bond acceptors (Lipinski definition) is 6. The van der Waals surface area contributed by atoms with E-state index in [1.807, 2.05) is 6.92 Å². The molecular formula is C28H40O6. The van der Waals surface area contributed by atoms with Crippen molar-refractivity contribution in [3.8, 4) is 0 Å². The zero-order valence-corrected chi connectivity index (χ0v) is 21.0. The van der Waals surface area contributed by atoms with Crippen LogP contribution in [0, 0.1) is 40.4 Å². The van der Waals surface area contributed by atoms with Gasteiger partial charge in [-0.15, -0.1) is 0 Å². The second kappa shape index (κ2) is 7.39. The van der Waals surface area contributed by atoms with Crippen molar-refractivity contribution in [3.63, 3.8) is 0 Å². The van der Waals surface area contributed by atoms with E-state index in [0.29, 0.717) is 48.4 Å². The first-order chi connectivity index (χ1) is 16.1. The molecule has 2 N–H and O–H groups in total. The van der Waals surface area contributed by atoms with E-state index < -0.39 is 17.1 Å². The summed E-state index contributed by atoms with van der Waals surface area (Å²) in [5, 5.41) is 20.4. The van der Waals surface area contributed by atoms with Crippen LogP contribution in [0.2, 0.25) is 0 Å². The molecule has 0 amide bonds. The van der Waals surface area contributed by atoms with Gasteiger partial charge in [-0.05, 0) is 87.4 Å². The summed E-state index contributed by atoms with van der Waals surface area (Å²) >= 11 is 0. The SMILES string of the molecule is CC1=C(CO)C(=O)OC([C@@H](C)C2CCC3C4C[C@H]5O[C@]56[C@@H](O)CCC(=O)[C@]6(C)C4CC[C@@]32C)C1. The normalized spacial score (nSPS) is 52.8. The zero-order valence-electron chi connectivity index (χ0n) is 21.0. The largest absolute Gasteiger partial charge is 0.458 e. The molecule has 6 heteroatoms. The number of carbonyl (C=O) groups is 2. The maximum atomic E-state index is 13.4. The molecule has 6 nitrogen and oxygen atoms in total. The second-order valence-electron chi connectivity index (χ2n) is 12.8. The van der Waals surface area contributed by atoms with Gasteiger partial charge in [0, 0.05) is 12.8 Å². The fourth-order valence-corrected chi connectivity index (χ4v) is 10.1. The van der Waals surface area contributed by atoms with Crippen molar-refractivity contribution in [2.24, 2.45) is 40.4 Å². The third-order valence-electron chi connectivity index (χ3n) is 11.9. The Kier molecular flexibility index (Phi) is 5.04. The van der Waals surface area contributed by atoms with Gasteiger partial charge < -0.3 is 19.7 Å². The Morgan fingerprint density at radius 1 is 1.12 bits per heavy atom. The molecular weight excluding hydrogens is 432 g/mol. The molecule has 0 aromatic carbocycles. The van der Waals surface area contributed by atoms with E-state index in [-0.39, 0.29) is 42.0 Å². The molecule has 0 radical (unpaired) electrons. The van der Waals surface area contributed by atoms with Crippen molar-refractivity contribution < 1.29 is 29.3 Å². The topological polar surface area (TPSA) is 96.4 Å². The number of ether oxygens (including phenoxy) is 2. The Hall–Kier alpha value is -1.24. The van der Waals surface area contributed by atoms with Crippen LogP contribution in [-0.4, -0.2) is 52.5 Å². The summed E-state index contributed by atoms with van der Waals surface area (Å²) in [5.74, 6) is 1.93. The molecule has 2 heterocycles. The van der Waals surface area contributed by atoms with Gasteiger partial charge in [-0.1, -0.05) is 19.4 Å². The van der Waals surface area contributed by atoms with Crippen LogP contribution in [0.4, 0.5) is 0 Å². The number of hydrogen-bond donors (Lipinski definition) is 2. The molecule has 34 heavy (non-hydrogen) atoms. The van der Waals surface area contributed by atoms with Crippen molar-refractivity contribution in [3.05, 3.63) is 11.1 Å². The molecule has 1 saturated heterocycles. The molecule has 6 rings (SSSR count). The van der Waals surface area contributed by atoms with E-state index in [1.165, 1.54) is 0 Å². The van der Waals surface area contributed by atoms with Gasteiger partial charge in [0.2, 0.25) is 0 Å². The molecule has 0 bridgehead atoms. The number of aliphatic hydroxyl groups is 2. The van der Waals surface area contributed by atoms with Crippen LogP contribution in [0.25, 0.3) is 0 Å². The highest BCUT2D eigenvalue weighted by atomic mass is 16.6. The number of esters is 1. The Balaban J connectivity index is 1.26. The highest BCUT2D eigenvalue weighted by Gasteiger charge is 2.80. The third kappa shape index (κ3) is 2.68. The minimum Gasteiger partial charge on any atom is -0.458 e. The molecule has 1 spiro atoms. The number of fused-ring (bicyclic) bond motifs is 4. The number of ketones is 1. The summed E-state index contributed by atoms with van der Waals surface area (Å²) in [6.45, 7) is 8.49. The van der Waals surface area contributed by atoms with Gasteiger partial charge in [0.05, 0.1) is 29.8 Å². The summed E-state index contributed by atoms with van der Waals surface area (Å²) in [7, 11) is 0. The monoisotopic (exact) mass is 472 g/mol. The van der Waals surface area contributed by atoms with Gasteiger partial charge in [-0.2, -0.15) is 0 Å². The van der Waals surface area contributed by atoms with Crippen LogP contribution < -0.4 is 0 Å². The molecule has 0 aromatic heterocycles. The summed E-state index contributed by atoms with van der Waals surface area (Å²) in [4.78, 5) is 25.9. The van der Waals surface area contributed by atoms with Crippen LogP contribution in [-0.2, 0) is 19.1 Å². The van der Waals surface area contributed by atoms with Crippen molar-refractivity contribution in [1.82, 2.24) is 0 Å². The van der Waals surface area contributed by atoms with Gasteiger partial charge in [-0.25, -0.2) is 4.79 Å². The van der Waals surface area contributed by atoms with Gasteiger partial charge in [0.15, 0.2) is 0 Å². The molecule has 11 atom stereocenters. The predicted molar refractivity (Wildman–Crippen MR) is 125 cm³/mol. The Morgan fingerprint density at radius 2 is 1.88 bits per heavy atom. The maximum absolute atomic E-state index is 13.4. The zero-order chi connectivity index (χ0) is 24.2. The fraction of sp³-hybridized carbons (Fsp3) is 0.857. The number of rotatable bonds is 3. The first-order valence-corrected chi connectivity index (χ1v) is 13.5. The summed E-state index contributed by atoms with van der Waals surface area (Å²) in [5.41, 5.74) is 0.333. The van der Waals surface area contributed by atoms with Crippen LogP contribution in [0.5, 0.6) is 0 Å². The van der Waals surface area contributed by atoms with Crippen molar-refractivity contribution in [2.75, 3.05) is 6.61 Å². The van der Waals surface area contributed by atoms with Gasteiger partial charge in [0.25, 0.3) is 0 Å². The van der Waals surface area contributed by atoms with Gasteiger partial charge in [0.1, 0.15) is 17.5 Å². The van der Waals surface area contributed by atoms with E-state index in [4.69, 9.17) is 9.47 Å². The van der Waals surface area contributed by atoms with E-state index >= 15 is 0 Å². The smallest absolute Gasteiger partial charge is 0.336 e. The van der Waals surface area contributed by atoms with Gasteiger partial charge in [-0.3, -0.25) is 4.79 Å². The van der Waals surface area contributed by atoms with E-state index in [9.17, 15) is 19.8 Å². The van der Waals surface area contributed by atoms with Gasteiger partial charge >= 0.3 is 5.97 Å². The second-order valence-corrected chi connectivity index (χ2v) is 12.8. The first kappa shape index (κ1) is 23.2. The average molecular weight is 473 g/mol. The van der Waals surface area contributed by atoms with E-state index in [0.717, 1.165) is 37.7 Å². The number of Topliss-reactive ketones (excluding diaryl/α,β-unsaturated/α-hetero) is 1. The Labute approximate surface area is 202 Å². The number of cyclic esters (lactones) is 1. The van der Waals surface area contributed by atoms with Crippen molar-refractivity contribution >= 4 is 11.8 Å². The minimum atomic E-state index is -0.632. The lowest BCUT2D eigenvalue weighted by molar-refractivity contribution is -0.166. The number of epoxide rings is 1. The fourth-order valence-electron chi connectivity index (χ4n) is 10.1. The molecule has 4 saturated carbocycles. The lowest BCUT2D eigenvalue weighted by atomic mass is 9.43. The summed E-state index contributed by atoms with van der Waals surface area (Å²) in [6.07, 6.45) is 6.38. The average Bonchev–Trinajstić information content (AvgIpc) is 3.43. The quantitative estimate of drug-likeness (QED) is 0.482. The Morgan fingerprint density at radius 3 is 2.59 bits per heavy atom. The predicted octanol–water partition coefficient (Wildman–Crippen LogP) is 3.58. The maximum Gasteiger partial charge on any atom is 0.336 e. The summed E-state index contributed by atoms with van der Waals surface area (Å²) < 4.78 is 12.1. The molecule has 5 fully saturated rings.